The highest BCUT2D eigenvalue weighted by Crippen LogP contribution is 2.22. The first kappa shape index (κ1) is 12.1. The molecule has 2 rings (SSSR count). The molecule has 0 radical (unpaired) electrons. The number of nitrogens with zero attached hydrogens (tertiary/aromatic N) is 2. The maximum atomic E-state index is 11.6. The average Bonchev–Trinajstić information content (AvgIpc) is 2.36. The summed E-state index contributed by atoms with van der Waals surface area (Å²) in [6.07, 6.45) is 4.65. The summed E-state index contributed by atoms with van der Waals surface area (Å²) in [4.78, 5) is 13.8. The second kappa shape index (κ2) is 5.82. The third-order valence-electron chi connectivity index (χ3n) is 2.99. The molecule has 0 bridgehead atoms. The minimum Gasteiger partial charge on any atom is -0.380 e. The summed E-state index contributed by atoms with van der Waals surface area (Å²) in [5, 5.41) is 6.37. The molecule has 0 saturated carbocycles. The number of hydrogen-bond donors (Lipinski definition) is 1. The Hall–Kier alpha value is -1.36. The zero-order valence-electron chi connectivity index (χ0n) is 10.2. The Kier molecular flexibility index (Phi) is 4.14. The highest BCUT2D eigenvalue weighted by Gasteiger charge is 2.19. The Morgan fingerprint density at radius 1 is 1.53 bits per heavy atom. The Labute approximate surface area is 101 Å². The second-order valence-corrected chi connectivity index (χ2v) is 4.27. The largest absolute Gasteiger partial charge is 0.380 e. The van der Waals surface area contributed by atoms with Crippen molar-refractivity contribution in [1.82, 2.24) is 10.2 Å². The monoisotopic (exact) mass is 237 g/mol. The zero-order valence-corrected chi connectivity index (χ0v) is 10.2. The number of anilines is 1. The molecule has 0 amide bonds. The van der Waals surface area contributed by atoms with E-state index in [1.54, 1.807) is 6.20 Å². The van der Waals surface area contributed by atoms with Crippen molar-refractivity contribution in [2.75, 3.05) is 31.2 Å². The summed E-state index contributed by atoms with van der Waals surface area (Å²) in [5.41, 5.74) is 1.78. The van der Waals surface area contributed by atoms with Gasteiger partial charge in [-0.15, -0.1) is 0 Å². The fourth-order valence-electron chi connectivity index (χ4n) is 2.15. The number of aromatic nitrogens is 2. The number of ether oxygens (including phenoxy) is 1. The van der Waals surface area contributed by atoms with Crippen LogP contribution in [0.1, 0.15) is 25.3 Å². The van der Waals surface area contributed by atoms with Crippen molar-refractivity contribution in [2.45, 2.75) is 26.2 Å². The third-order valence-corrected chi connectivity index (χ3v) is 2.99. The second-order valence-electron chi connectivity index (χ2n) is 4.27. The lowest BCUT2D eigenvalue weighted by Gasteiger charge is -2.29. The molecule has 5 nitrogen and oxygen atoms in total. The van der Waals surface area contributed by atoms with Gasteiger partial charge in [0.1, 0.15) is 0 Å². The van der Waals surface area contributed by atoms with Crippen molar-refractivity contribution in [3.05, 3.63) is 22.1 Å². The molecule has 0 spiro atoms. The van der Waals surface area contributed by atoms with E-state index in [2.05, 4.69) is 22.0 Å². The van der Waals surface area contributed by atoms with Crippen LogP contribution in [0.25, 0.3) is 0 Å². The quantitative estimate of drug-likeness (QED) is 0.775. The molecule has 1 aliphatic rings. The first-order chi connectivity index (χ1) is 8.33. The molecule has 2 heterocycles. The van der Waals surface area contributed by atoms with Crippen LogP contribution in [0.2, 0.25) is 0 Å². The fourth-order valence-corrected chi connectivity index (χ4v) is 2.15. The lowest BCUT2D eigenvalue weighted by Crippen LogP contribution is -2.35. The van der Waals surface area contributed by atoms with Crippen LogP contribution in [0.5, 0.6) is 0 Å². The van der Waals surface area contributed by atoms with Crippen LogP contribution in [0.3, 0.4) is 0 Å². The Morgan fingerprint density at radius 2 is 2.41 bits per heavy atom. The van der Waals surface area contributed by atoms with Crippen molar-refractivity contribution in [2.24, 2.45) is 0 Å². The van der Waals surface area contributed by atoms with Crippen LogP contribution in [-0.2, 0) is 11.2 Å². The standard InChI is InChI=1S/C12H19N3O2/c1-2-7-17-8-6-15-5-3-4-10-11(15)9-13-14-12(10)16/h9H,2-8H2,1H3,(H,14,16). The molecule has 1 aliphatic heterocycles. The van der Waals surface area contributed by atoms with E-state index in [9.17, 15) is 4.79 Å². The van der Waals surface area contributed by atoms with Gasteiger partial charge in [-0.2, -0.15) is 5.10 Å². The molecule has 1 N–H and O–H groups in total. The van der Waals surface area contributed by atoms with Gasteiger partial charge in [0.2, 0.25) is 0 Å². The third kappa shape index (κ3) is 2.85. The normalized spacial score (nSPS) is 14.8. The van der Waals surface area contributed by atoms with Gasteiger partial charge in [-0.3, -0.25) is 4.79 Å². The van der Waals surface area contributed by atoms with Gasteiger partial charge in [-0.1, -0.05) is 6.92 Å². The number of rotatable bonds is 5. The van der Waals surface area contributed by atoms with Crippen LogP contribution in [0.15, 0.2) is 11.0 Å². The van der Waals surface area contributed by atoms with Crippen molar-refractivity contribution in [1.29, 1.82) is 0 Å². The van der Waals surface area contributed by atoms with Crippen molar-refractivity contribution < 1.29 is 4.74 Å². The first-order valence-electron chi connectivity index (χ1n) is 6.22. The number of fused-ring (bicyclic) bond motifs is 1. The van der Waals surface area contributed by atoms with E-state index < -0.39 is 0 Å². The summed E-state index contributed by atoms with van der Waals surface area (Å²) in [5.74, 6) is 0. The van der Waals surface area contributed by atoms with E-state index in [1.807, 2.05) is 0 Å². The van der Waals surface area contributed by atoms with Crippen molar-refractivity contribution in [3.8, 4) is 0 Å². The van der Waals surface area contributed by atoms with Gasteiger partial charge in [-0.25, -0.2) is 5.10 Å². The predicted molar refractivity (Wildman–Crippen MR) is 66.5 cm³/mol. The molecule has 0 fully saturated rings. The van der Waals surface area contributed by atoms with Crippen LogP contribution >= 0.6 is 0 Å². The highest BCUT2D eigenvalue weighted by atomic mass is 16.5. The van der Waals surface area contributed by atoms with Crippen LogP contribution in [0, 0.1) is 0 Å². The minimum absolute atomic E-state index is 0.0540. The molecule has 0 atom stereocenters. The maximum absolute atomic E-state index is 11.6. The molecule has 1 aromatic heterocycles. The first-order valence-corrected chi connectivity index (χ1v) is 6.22. The zero-order chi connectivity index (χ0) is 12.1. The summed E-state index contributed by atoms with van der Waals surface area (Å²) in [7, 11) is 0. The fraction of sp³-hybridized carbons (Fsp3) is 0.667. The van der Waals surface area contributed by atoms with Gasteiger partial charge < -0.3 is 9.64 Å². The van der Waals surface area contributed by atoms with Gasteiger partial charge in [0.15, 0.2) is 0 Å². The molecule has 0 aromatic carbocycles. The van der Waals surface area contributed by atoms with E-state index in [0.29, 0.717) is 6.61 Å². The van der Waals surface area contributed by atoms with E-state index in [-0.39, 0.29) is 5.56 Å². The Balaban J connectivity index is 2.02. The molecule has 1 aromatic rings. The van der Waals surface area contributed by atoms with E-state index in [0.717, 1.165) is 50.2 Å². The van der Waals surface area contributed by atoms with E-state index in [1.165, 1.54) is 0 Å². The molecular formula is C12H19N3O2. The van der Waals surface area contributed by atoms with Gasteiger partial charge >= 0.3 is 0 Å². The van der Waals surface area contributed by atoms with Crippen molar-refractivity contribution in [3.63, 3.8) is 0 Å². The average molecular weight is 237 g/mol. The van der Waals surface area contributed by atoms with Crippen LogP contribution < -0.4 is 10.5 Å². The van der Waals surface area contributed by atoms with Gasteiger partial charge in [-0.05, 0) is 19.3 Å². The SMILES string of the molecule is CCCOCCN1CCCc2c1cn[nH]c2=O. The maximum Gasteiger partial charge on any atom is 0.269 e. The number of hydrogen-bond acceptors (Lipinski definition) is 4. The molecule has 0 aliphatic carbocycles. The number of aromatic amines is 1. The van der Waals surface area contributed by atoms with Gasteiger partial charge in [0.25, 0.3) is 5.56 Å². The van der Waals surface area contributed by atoms with E-state index >= 15 is 0 Å². The summed E-state index contributed by atoms with van der Waals surface area (Å²) < 4.78 is 5.48. The summed E-state index contributed by atoms with van der Waals surface area (Å²) in [6, 6.07) is 0. The van der Waals surface area contributed by atoms with Crippen molar-refractivity contribution >= 4 is 5.69 Å². The van der Waals surface area contributed by atoms with Gasteiger partial charge in [0, 0.05) is 25.3 Å². The summed E-state index contributed by atoms with van der Waals surface area (Å²) in [6.45, 7) is 5.42. The minimum atomic E-state index is -0.0540. The molecule has 0 unspecified atom stereocenters. The smallest absolute Gasteiger partial charge is 0.269 e. The Bertz CT molecular complexity index is 416. The summed E-state index contributed by atoms with van der Waals surface area (Å²) >= 11 is 0. The van der Waals surface area contributed by atoms with Gasteiger partial charge in [0.05, 0.1) is 18.5 Å². The number of H-pyrrole nitrogens is 1. The molecular weight excluding hydrogens is 218 g/mol. The topological polar surface area (TPSA) is 58.2 Å². The number of nitrogens with one attached hydrogen (secondary N) is 1. The predicted octanol–water partition coefficient (Wildman–Crippen LogP) is 0.949. The highest BCUT2D eigenvalue weighted by molar-refractivity contribution is 5.52. The van der Waals surface area contributed by atoms with Crippen LogP contribution in [-0.4, -0.2) is 36.5 Å². The lowest BCUT2D eigenvalue weighted by atomic mass is 10.1. The Morgan fingerprint density at radius 3 is 3.24 bits per heavy atom. The molecule has 5 heteroatoms. The van der Waals surface area contributed by atoms with Crippen LogP contribution in [0.4, 0.5) is 5.69 Å². The molecule has 17 heavy (non-hydrogen) atoms. The lowest BCUT2D eigenvalue weighted by molar-refractivity contribution is 0.140. The molecule has 0 saturated heterocycles. The van der Waals surface area contributed by atoms with E-state index in [4.69, 9.17) is 4.74 Å². The molecule has 94 valence electrons.